The Morgan fingerprint density at radius 1 is 1.00 bits per heavy atom. The predicted molar refractivity (Wildman–Crippen MR) is 78.3 cm³/mol. The van der Waals surface area contributed by atoms with E-state index in [4.69, 9.17) is 0 Å². The second-order valence-electron chi connectivity index (χ2n) is 5.04. The molecule has 0 radical (unpaired) electrons. The van der Waals surface area contributed by atoms with E-state index in [0.29, 0.717) is 5.69 Å². The Labute approximate surface area is 133 Å². The van der Waals surface area contributed by atoms with E-state index in [0.717, 1.165) is 17.3 Å². The van der Waals surface area contributed by atoms with E-state index in [1.807, 2.05) is 24.3 Å². The summed E-state index contributed by atoms with van der Waals surface area (Å²) in [5.74, 6) is -0.00507. The molecule has 0 saturated carbocycles. The molecule has 0 aliphatic heterocycles. The number of hydrogen-bond acceptors (Lipinski definition) is 4. The topological polar surface area (TPSA) is 60.9 Å². The smallest absolute Gasteiger partial charge is 0.288 e. The Balaban J connectivity index is 1.81. The van der Waals surface area contributed by atoms with Crippen LogP contribution in [0.2, 0.25) is 0 Å². The fourth-order valence-corrected chi connectivity index (χ4v) is 2.40. The highest BCUT2D eigenvalue weighted by atomic mass is 19.4. The predicted octanol–water partition coefficient (Wildman–Crippen LogP) is 3.00. The number of imidazole rings is 1. The van der Waals surface area contributed by atoms with Crippen LogP contribution in [0.1, 0.15) is 5.69 Å². The van der Waals surface area contributed by atoms with Crippen LogP contribution in [0.15, 0.2) is 55.4 Å². The first-order chi connectivity index (χ1) is 11.5. The van der Waals surface area contributed by atoms with Crippen molar-refractivity contribution < 1.29 is 13.2 Å². The molecule has 9 heteroatoms. The summed E-state index contributed by atoms with van der Waals surface area (Å²) in [6, 6.07) is 8.35. The molecule has 0 atom stereocenters. The Bertz CT molecular complexity index is 1000. The molecule has 0 spiro atoms. The Hall–Kier alpha value is -3.23. The minimum atomic E-state index is -4.50. The molecule has 6 nitrogen and oxygen atoms in total. The zero-order chi connectivity index (χ0) is 16.7. The molecule has 1 aromatic carbocycles. The van der Waals surface area contributed by atoms with Crippen LogP contribution in [-0.2, 0) is 6.18 Å². The van der Waals surface area contributed by atoms with Gasteiger partial charge in [0.2, 0.25) is 5.78 Å². The monoisotopic (exact) mass is 330 g/mol. The fraction of sp³-hybridized carbons (Fsp3) is 0.0667. The highest BCUT2D eigenvalue weighted by molar-refractivity contribution is 5.65. The lowest BCUT2D eigenvalue weighted by Crippen LogP contribution is -2.09. The summed E-state index contributed by atoms with van der Waals surface area (Å²) in [6.45, 7) is 0. The van der Waals surface area contributed by atoms with E-state index >= 15 is 0 Å². The van der Waals surface area contributed by atoms with Gasteiger partial charge in [-0.15, -0.1) is 10.2 Å². The van der Waals surface area contributed by atoms with Gasteiger partial charge in [-0.3, -0.25) is 8.97 Å². The molecule has 0 bridgehead atoms. The first-order valence-electron chi connectivity index (χ1n) is 6.89. The van der Waals surface area contributed by atoms with Crippen LogP contribution in [0, 0.1) is 0 Å². The van der Waals surface area contributed by atoms with Crippen molar-refractivity contribution in [3.8, 4) is 16.9 Å². The first kappa shape index (κ1) is 14.4. The third-order valence-electron chi connectivity index (χ3n) is 3.53. The van der Waals surface area contributed by atoms with Crippen molar-refractivity contribution in [3.63, 3.8) is 0 Å². The van der Waals surface area contributed by atoms with Crippen molar-refractivity contribution in [2.24, 2.45) is 0 Å². The van der Waals surface area contributed by atoms with E-state index in [9.17, 15) is 13.2 Å². The summed E-state index contributed by atoms with van der Waals surface area (Å²) in [5.41, 5.74) is 1.29. The molecule has 4 aromatic rings. The lowest BCUT2D eigenvalue weighted by atomic mass is 10.1. The maximum atomic E-state index is 12.7. The van der Waals surface area contributed by atoms with Crippen molar-refractivity contribution in [2.75, 3.05) is 0 Å². The molecule has 4 rings (SSSR count). The largest absolute Gasteiger partial charge is 0.433 e. The molecule has 0 aliphatic carbocycles. The Morgan fingerprint density at radius 2 is 1.79 bits per heavy atom. The molecule has 120 valence electrons. The highest BCUT2D eigenvalue weighted by Crippen LogP contribution is 2.29. The van der Waals surface area contributed by atoms with Gasteiger partial charge in [0.1, 0.15) is 18.3 Å². The van der Waals surface area contributed by atoms with Crippen LogP contribution in [0.5, 0.6) is 0 Å². The molecule has 0 fully saturated rings. The fourth-order valence-electron chi connectivity index (χ4n) is 2.40. The van der Waals surface area contributed by atoms with Gasteiger partial charge in [-0.25, -0.2) is 9.97 Å². The maximum absolute atomic E-state index is 12.7. The van der Waals surface area contributed by atoms with Gasteiger partial charge in [0.25, 0.3) is 0 Å². The van der Waals surface area contributed by atoms with E-state index in [1.54, 1.807) is 17.2 Å². The molecule has 0 amide bonds. The molecule has 0 saturated heterocycles. The van der Waals surface area contributed by atoms with Crippen molar-refractivity contribution >= 4 is 5.78 Å². The minimum absolute atomic E-state index is 0.00507. The molecule has 0 unspecified atom stereocenters. The number of benzene rings is 1. The summed E-state index contributed by atoms with van der Waals surface area (Å²) in [6.07, 6.45) is 1.43. The average Bonchev–Trinajstić information content (AvgIpc) is 3.23. The van der Waals surface area contributed by atoms with E-state index in [2.05, 4.69) is 20.2 Å². The summed E-state index contributed by atoms with van der Waals surface area (Å²) < 4.78 is 41.5. The summed E-state index contributed by atoms with van der Waals surface area (Å²) in [7, 11) is 0. The van der Waals surface area contributed by atoms with Crippen molar-refractivity contribution in [2.45, 2.75) is 6.18 Å². The van der Waals surface area contributed by atoms with Crippen LogP contribution >= 0.6 is 0 Å². The SMILES string of the molecule is FC(F)(F)c1ccn2c(-c3cccc(-n4cnnc4)c3)cnc2n1. The summed E-state index contributed by atoms with van der Waals surface area (Å²) in [5, 5.41) is 7.50. The van der Waals surface area contributed by atoms with E-state index in [1.165, 1.54) is 16.8 Å². The molecular weight excluding hydrogens is 321 g/mol. The summed E-state index contributed by atoms with van der Waals surface area (Å²) >= 11 is 0. The first-order valence-corrected chi connectivity index (χ1v) is 6.89. The van der Waals surface area contributed by atoms with Crippen LogP contribution in [-0.4, -0.2) is 29.1 Å². The molecule has 24 heavy (non-hydrogen) atoms. The van der Waals surface area contributed by atoms with Crippen LogP contribution in [0.25, 0.3) is 22.7 Å². The van der Waals surface area contributed by atoms with Crippen LogP contribution < -0.4 is 0 Å². The normalized spacial score (nSPS) is 12.0. The van der Waals surface area contributed by atoms with Gasteiger partial charge in [-0.05, 0) is 18.2 Å². The standard InChI is InChI=1S/C15H9F3N6/c16-15(17,18)13-4-5-24-12(7-19-14(24)22-13)10-2-1-3-11(6-10)23-8-20-21-9-23/h1-9H. The lowest BCUT2D eigenvalue weighted by molar-refractivity contribution is -0.141. The molecular formula is C15H9F3N6. The van der Waals surface area contributed by atoms with Crippen molar-refractivity contribution in [1.82, 2.24) is 29.1 Å². The highest BCUT2D eigenvalue weighted by Gasteiger charge is 2.32. The third-order valence-corrected chi connectivity index (χ3v) is 3.53. The van der Waals surface area contributed by atoms with Crippen LogP contribution in [0.3, 0.4) is 0 Å². The van der Waals surface area contributed by atoms with E-state index < -0.39 is 11.9 Å². The van der Waals surface area contributed by atoms with Gasteiger partial charge in [-0.1, -0.05) is 12.1 Å². The molecule has 0 aliphatic rings. The average molecular weight is 330 g/mol. The number of hydrogen-bond donors (Lipinski definition) is 0. The number of rotatable bonds is 2. The van der Waals surface area contributed by atoms with Gasteiger partial charge >= 0.3 is 6.18 Å². The zero-order valence-corrected chi connectivity index (χ0v) is 12.0. The summed E-state index contributed by atoms with van der Waals surface area (Å²) in [4.78, 5) is 7.55. The maximum Gasteiger partial charge on any atom is 0.433 e. The van der Waals surface area contributed by atoms with Gasteiger partial charge in [0.05, 0.1) is 11.9 Å². The third kappa shape index (κ3) is 2.39. The number of halogens is 3. The van der Waals surface area contributed by atoms with E-state index in [-0.39, 0.29) is 5.78 Å². The Morgan fingerprint density at radius 3 is 2.54 bits per heavy atom. The number of alkyl halides is 3. The second kappa shape index (κ2) is 5.15. The van der Waals surface area contributed by atoms with Crippen molar-refractivity contribution in [1.29, 1.82) is 0 Å². The molecule has 3 heterocycles. The van der Waals surface area contributed by atoms with Crippen molar-refractivity contribution in [3.05, 3.63) is 61.1 Å². The van der Waals surface area contributed by atoms with Gasteiger partial charge in [-0.2, -0.15) is 13.2 Å². The Kier molecular flexibility index (Phi) is 3.08. The van der Waals surface area contributed by atoms with Gasteiger partial charge in [0.15, 0.2) is 0 Å². The minimum Gasteiger partial charge on any atom is -0.288 e. The van der Waals surface area contributed by atoms with Gasteiger partial charge < -0.3 is 0 Å². The quantitative estimate of drug-likeness (QED) is 0.567. The zero-order valence-electron chi connectivity index (χ0n) is 12.0. The molecule has 0 N–H and O–H groups in total. The number of aromatic nitrogens is 6. The van der Waals surface area contributed by atoms with Gasteiger partial charge in [0, 0.05) is 17.4 Å². The molecule has 3 aromatic heterocycles. The second-order valence-corrected chi connectivity index (χ2v) is 5.04. The lowest BCUT2D eigenvalue weighted by Gasteiger charge is -2.07. The number of fused-ring (bicyclic) bond motifs is 1. The van der Waals surface area contributed by atoms with Crippen LogP contribution in [0.4, 0.5) is 13.2 Å². The number of nitrogens with zero attached hydrogens (tertiary/aromatic N) is 6.